The third-order valence-electron chi connectivity index (χ3n) is 6.51. The highest BCUT2D eigenvalue weighted by atomic mass is 35.5. The number of nitrogens with zero attached hydrogens (tertiary/aromatic N) is 4. The number of H-pyrrole nitrogens is 2. The predicted octanol–water partition coefficient (Wildman–Crippen LogP) is 4.26. The lowest BCUT2D eigenvalue weighted by atomic mass is 10.1. The molecular formula is C26H26ClN7O2. The fourth-order valence-electron chi connectivity index (χ4n) is 4.76. The summed E-state index contributed by atoms with van der Waals surface area (Å²) in [6, 6.07) is 11.5. The predicted molar refractivity (Wildman–Crippen MR) is 143 cm³/mol. The highest BCUT2D eigenvalue weighted by Crippen LogP contribution is 2.34. The van der Waals surface area contributed by atoms with Crippen molar-refractivity contribution in [1.82, 2.24) is 24.5 Å². The second kappa shape index (κ2) is 9.67. The van der Waals surface area contributed by atoms with E-state index in [0.29, 0.717) is 41.9 Å². The number of rotatable bonds is 7. The molecule has 2 aromatic carbocycles. The van der Waals surface area contributed by atoms with E-state index >= 15 is 0 Å². The van der Waals surface area contributed by atoms with Crippen LogP contribution in [0.2, 0.25) is 5.02 Å². The molecule has 0 saturated carbocycles. The first kappa shape index (κ1) is 22.6. The summed E-state index contributed by atoms with van der Waals surface area (Å²) in [5, 5.41) is 4.95. The fraction of sp³-hybridized carbons (Fsp3) is 0.269. The van der Waals surface area contributed by atoms with Crippen LogP contribution < -0.4 is 15.8 Å². The second-order valence-corrected chi connectivity index (χ2v) is 9.27. The molecule has 36 heavy (non-hydrogen) atoms. The molecule has 5 aromatic rings. The van der Waals surface area contributed by atoms with Crippen LogP contribution >= 0.6 is 11.6 Å². The summed E-state index contributed by atoms with van der Waals surface area (Å²) in [4.78, 5) is 31.1. The van der Waals surface area contributed by atoms with Gasteiger partial charge >= 0.3 is 0 Å². The van der Waals surface area contributed by atoms with Crippen LogP contribution in [0.25, 0.3) is 33.3 Å². The van der Waals surface area contributed by atoms with Gasteiger partial charge in [-0.2, -0.15) is 0 Å². The molecule has 184 valence electrons. The smallest absolute Gasteiger partial charge is 0.261 e. The zero-order valence-electron chi connectivity index (χ0n) is 19.6. The molecule has 9 nitrogen and oxygen atoms in total. The van der Waals surface area contributed by atoms with Crippen molar-refractivity contribution in [3.05, 3.63) is 70.5 Å². The Balaban J connectivity index is 1.42. The lowest BCUT2D eigenvalue weighted by molar-refractivity contribution is 0.123. The van der Waals surface area contributed by atoms with Crippen molar-refractivity contribution in [3.63, 3.8) is 0 Å². The summed E-state index contributed by atoms with van der Waals surface area (Å²) >= 11 is 6.36. The lowest BCUT2D eigenvalue weighted by Gasteiger charge is -2.28. The number of imidazole rings is 2. The Kier molecular flexibility index (Phi) is 6.08. The first-order valence-electron chi connectivity index (χ1n) is 12.0. The van der Waals surface area contributed by atoms with Crippen molar-refractivity contribution < 1.29 is 4.74 Å². The number of aryl methyl sites for hydroxylation is 1. The molecule has 1 saturated heterocycles. The van der Waals surface area contributed by atoms with Crippen molar-refractivity contribution in [1.29, 1.82) is 0 Å². The molecule has 1 aliphatic heterocycles. The van der Waals surface area contributed by atoms with Gasteiger partial charge in [-0.15, -0.1) is 0 Å². The average molecular weight is 504 g/mol. The topological polar surface area (TPSA) is 104 Å². The van der Waals surface area contributed by atoms with Crippen LogP contribution in [0.5, 0.6) is 0 Å². The minimum Gasteiger partial charge on any atom is -0.384 e. The number of aromatic nitrogens is 5. The van der Waals surface area contributed by atoms with Crippen LogP contribution in [0.4, 0.5) is 11.4 Å². The first-order valence-corrected chi connectivity index (χ1v) is 12.4. The van der Waals surface area contributed by atoms with E-state index in [9.17, 15) is 4.79 Å². The molecule has 0 spiro atoms. The van der Waals surface area contributed by atoms with Gasteiger partial charge in [0.15, 0.2) is 0 Å². The standard InChI is InChI=1S/C26H26ClN7O2/c27-17-5-6-19-18(15-17)23(29-7-2-9-33-10-8-28-16-33)22(26(35)31-19)25-30-20-3-1-4-21(24(20)32-25)34-11-13-36-14-12-34/h1,3-6,8,10,15-16H,2,7,9,11-14H2,(H,30,32)(H2,29,31,35). The highest BCUT2D eigenvalue weighted by molar-refractivity contribution is 6.31. The van der Waals surface area contributed by atoms with E-state index in [1.807, 2.05) is 35.0 Å². The number of fused-ring (bicyclic) bond motifs is 2. The normalized spacial score (nSPS) is 14.1. The molecule has 0 radical (unpaired) electrons. The molecule has 0 aliphatic carbocycles. The van der Waals surface area contributed by atoms with E-state index in [2.05, 4.69) is 31.2 Å². The number of aromatic amines is 2. The molecular weight excluding hydrogens is 478 g/mol. The number of morpholine rings is 1. The number of pyridine rings is 1. The van der Waals surface area contributed by atoms with Crippen LogP contribution in [-0.4, -0.2) is 57.4 Å². The molecule has 10 heteroatoms. The van der Waals surface area contributed by atoms with E-state index in [1.54, 1.807) is 18.6 Å². The van der Waals surface area contributed by atoms with Gasteiger partial charge in [-0.05, 0) is 36.8 Å². The molecule has 0 bridgehead atoms. The maximum absolute atomic E-state index is 13.4. The van der Waals surface area contributed by atoms with Gasteiger partial charge in [0.05, 0.1) is 41.9 Å². The number of para-hydroxylation sites is 1. The minimum absolute atomic E-state index is 0.214. The number of anilines is 2. The van der Waals surface area contributed by atoms with Gasteiger partial charge < -0.3 is 29.5 Å². The van der Waals surface area contributed by atoms with Gasteiger partial charge in [0, 0.05) is 49.0 Å². The second-order valence-electron chi connectivity index (χ2n) is 8.83. The van der Waals surface area contributed by atoms with E-state index < -0.39 is 0 Å². The Bertz CT molecular complexity index is 1570. The number of hydrogen-bond acceptors (Lipinski definition) is 6. The molecule has 0 unspecified atom stereocenters. The molecule has 0 atom stereocenters. The van der Waals surface area contributed by atoms with Crippen molar-refractivity contribution in [2.45, 2.75) is 13.0 Å². The van der Waals surface area contributed by atoms with Crippen LogP contribution in [0, 0.1) is 0 Å². The minimum atomic E-state index is -0.214. The maximum Gasteiger partial charge on any atom is 0.261 e. The molecule has 1 aliphatic rings. The van der Waals surface area contributed by atoms with Crippen LogP contribution in [-0.2, 0) is 11.3 Å². The lowest BCUT2D eigenvalue weighted by Crippen LogP contribution is -2.36. The Morgan fingerprint density at radius 3 is 2.83 bits per heavy atom. The van der Waals surface area contributed by atoms with Gasteiger partial charge in [-0.3, -0.25) is 4.79 Å². The summed E-state index contributed by atoms with van der Waals surface area (Å²) in [6.45, 7) is 4.46. The molecule has 6 rings (SSSR count). The van der Waals surface area contributed by atoms with Gasteiger partial charge in [0.25, 0.3) is 5.56 Å². The molecule has 3 aromatic heterocycles. The quantitative estimate of drug-likeness (QED) is 0.287. The first-order chi connectivity index (χ1) is 17.7. The fourth-order valence-corrected chi connectivity index (χ4v) is 4.94. The SMILES string of the molecule is O=c1[nH]c2ccc(Cl)cc2c(NCCCn2ccnc2)c1-c1nc2c(N3CCOCC3)cccc2[nH]1. The van der Waals surface area contributed by atoms with E-state index in [1.165, 1.54) is 0 Å². The Morgan fingerprint density at radius 1 is 1.11 bits per heavy atom. The van der Waals surface area contributed by atoms with Gasteiger partial charge in [-0.25, -0.2) is 9.97 Å². The van der Waals surface area contributed by atoms with E-state index in [0.717, 1.165) is 53.7 Å². The Morgan fingerprint density at radius 2 is 2.00 bits per heavy atom. The summed E-state index contributed by atoms with van der Waals surface area (Å²) in [6.07, 6.45) is 6.36. The van der Waals surface area contributed by atoms with E-state index in [-0.39, 0.29) is 5.56 Å². The van der Waals surface area contributed by atoms with Crippen molar-refractivity contribution in [3.8, 4) is 11.4 Å². The number of nitrogens with one attached hydrogen (secondary N) is 3. The van der Waals surface area contributed by atoms with Gasteiger partial charge in [0.2, 0.25) is 0 Å². The summed E-state index contributed by atoms with van der Waals surface area (Å²) in [5.74, 6) is 0.519. The van der Waals surface area contributed by atoms with Crippen LogP contribution in [0.1, 0.15) is 6.42 Å². The van der Waals surface area contributed by atoms with Crippen molar-refractivity contribution >= 4 is 44.9 Å². The largest absolute Gasteiger partial charge is 0.384 e. The Hall–Kier alpha value is -3.82. The van der Waals surface area contributed by atoms with E-state index in [4.69, 9.17) is 21.3 Å². The van der Waals surface area contributed by atoms with Crippen LogP contribution in [0.3, 0.4) is 0 Å². The number of ether oxygens (including phenoxy) is 1. The van der Waals surface area contributed by atoms with Crippen molar-refractivity contribution in [2.75, 3.05) is 43.1 Å². The van der Waals surface area contributed by atoms with Gasteiger partial charge in [0.1, 0.15) is 16.9 Å². The summed E-state index contributed by atoms with van der Waals surface area (Å²) < 4.78 is 7.55. The zero-order chi connectivity index (χ0) is 24.5. The third kappa shape index (κ3) is 4.31. The van der Waals surface area contributed by atoms with Crippen LogP contribution in [0.15, 0.2) is 59.9 Å². The molecule has 1 fully saturated rings. The average Bonchev–Trinajstić information content (AvgIpc) is 3.57. The van der Waals surface area contributed by atoms with Crippen molar-refractivity contribution in [2.24, 2.45) is 0 Å². The summed E-state index contributed by atoms with van der Waals surface area (Å²) in [7, 11) is 0. The number of hydrogen-bond donors (Lipinski definition) is 3. The zero-order valence-corrected chi connectivity index (χ0v) is 20.4. The maximum atomic E-state index is 13.4. The molecule has 4 heterocycles. The molecule has 3 N–H and O–H groups in total. The van der Waals surface area contributed by atoms with Gasteiger partial charge in [-0.1, -0.05) is 17.7 Å². The number of halogens is 1. The highest BCUT2D eigenvalue weighted by Gasteiger charge is 2.21. The third-order valence-corrected chi connectivity index (χ3v) is 6.75. The summed E-state index contributed by atoms with van der Waals surface area (Å²) in [5.41, 5.74) is 4.44. The monoisotopic (exact) mass is 503 g/mol. The Labute approximate surface area is 212 Å². The number of benzene rings is 2. The molecule has 0 amide bonds.